The molecule has 2 amide bonds. The average molecular weight is 289 g/mol. The number of halogens is 1. The molecule has 0 bridgehead atoms. The van der Waals surface area contributed by atoms with Gasteiger partial charge in [-0.25, -0.2) is 0 Å². The van der Waals surface area contributed by atoms with Crippen molar-refractivity contribution in [2.45, 2.75) is 6.42 Å². The summed E-state index contributed by atoms with van der Waals surface area (Å²) in [6, 6.07) is 15.6. The highest BCUT2D eigenvalue weighted by atomic mass is 35.5. The Morgan fingerprint density at radius 3 is 2.20 bits per heavy atom. The Morgan fingerprint density at radius 1 is 0.900 bits per heavy atom. The third-order valence-electron chi connectivity index (χ3n) is 2.63. The number of rotatable bonds is 3. The van der Waals surface area contributed by atoms with E-state index in [9.17, 15) is 9.59 Å². The van der Waals surface area contributed by atoms with E-state index in [-0.39, 0.29) is 18.2 Å². The molecule has 0 aromatic heterocycles. The minimum Gasteiger partial charge on any atom is -0.273 e. The molecule has 0 aliphatic heterocycles. The summed E-state index contributed by atoms with van der Waals surface area (Å²) >= 11 is 5.76. The summed E-state index contributed by atoms with van der Waals surface area (Å²) < 4.78 is 0. The molecule has 5 heteroatoms. The molecule has 2 N–H and O–H groups in total. The number of nitrogens with one attached hydrogen (secondary N) is 2. The van der Waals surface area contributed by atoms with Crippen molar-refractivity contribution in [1.29, 1.82) is 0 Å². The summed E-state index contributed by atoms with van der Waals surface area (Å²) in [5.41, 5.74) is 6.04. The summed E-state index contributed by atoms with van der Waals surface area (Å²) in [6.07, 6.45) is 0.173. The second-order valence-corrected chi connectivity index (χ2v) is 4.61. The predicted molar refractivity (Wildman–Crippen MR) is 77.2 cm³/mol. The van der Waals surface area contributed by atoms with E-state index in [2.05, 4.69) is 10.9 Å². The van der Waals surface area contributed by atoms with Crippen molar-refractivity contribution in [2.24, 2.45) is 0 Å². The van der Waals surface area contributed by atoms with Gasteiger partial charge in [-0.3, -0.25) is 20.4 Å². The molecule has 2 rings (SSSR count). The van der Waals surface area contributed by atoms with E-state index in [0.717, 1.165) is 5.56 Å². The van der Waals surface area contributed by atoms with E-state index >= 15 is 0 Å². The molecule has 20 heavy (non-hydrogen) atoms. The highest BCUT2D eigenvalue weighted by Crippen LogP contribution is 2.09. The topological polar surface area (TPSA) is 58.2 Å². The zero-order valence-electron chi connectivity index (χ0n) is 10.6. The van der Waals surface area contributed by atoms with Crippen LogP contribution in [0.1, 0.15) is 15.9 Å². The molecule has 0 aliphatic rings. The lowest BCUT2D eigenvalue weighted by atomic mass is 10.1. The van der Waals surface area contributed by atoms with E-state index in [1.807, 2.05) is 6.07 Å². The van der Waals surface area contributed by atoms with Crippen LogP contribution < -0.4 is 10.9 Å². The first kappa shape index (κ1) is 14.1. The quantitative estimate of drug-likeness (QED) is 0.852. The van der Waals surface area contributed by atoms with E-state index in [1.165, 1.54) is 0 Å². The van der Waals surface area contributed by atoms with E-state index in [1.54, 1.807) is 48.5 Å². The molecule has 0 atom stereocenters. The molecule has 0 fully saturated rings. The van der Waals surface area contributed by atoms with Gasteiger partial charge in [0, 0.05) is 10.6 Å². The van der Waals surface area contributed by atoms with Gasteiger partial charge in [0.05, 0.1) is 6.42 Å². The van der Waals surface area contributed by atoms with Gasteiger partial charge < -0.3 is 0 Å². The number of carbonyl (C=O) groups excluding carboxylic acids is 2. The van der Waals surface area contributed by atoms with Crippen molar-refractivity contribution in [3.8, 4) is 0 Å². The van der Waals surface area contributed by atoms with E-state index < -0.39 is 0 Å². The maximum Gasteiger partial charge on any atom is 0.269 e. The molecule has 0 radical (unpaired) electrons. The van der Waals surface area contributed by atoms with Crippen LogP contribution in [-0.4, -0.2) is 11.8 Å². The van der Waals surface area contributed by atoms with E-state index in [0.29, 0.717) is 10.6 Å². The second-order valence-electron chi connectivity index (χ2n) is 4.17. The van der Waals surface area contributed by atoms with Crippen molar-refractivity contribution in [3.63, 3.8) is 0 Å². The van der Waals surface area contributed by atoms with Gasteiger partial charge in [-0.15, -0.1) is 0 Å². The molecule has 0 unspecified atom stereocenters. The Labute approximate surface area is 121 Å². The van der Waals surface area contributed by atoms with Crippen molar-refractivity contribution in [1.82, 2.24) is 10.9 Å². The average Bonchev–Trinajstić information content (AvgIpc) is 2.48. The fourth-order valence-corrected chi connectivity index (χ4v) is 1.75. The van der Waals surface area contributed by atoms with Crippen LogP contribution in [0.5, 0.6) is 0 Å². The molecule has 0 saturated heterocycles. The zero-order chi connectivity index (χ0) is 14.4. The second kappa shape index (κ2) is 6.73. The van der Waals surface area contributed by atoms with Crippen molar-refractivity contribution in [3.05, 3.63) is 70.7 Å². The first-order chi connectivity index (χ1) is 9.65. The molecular formula is C15H13ClN2O2. The highest BCUT2D eigenvalue weighted by molar-refractivity contribution is 6.30. The van der Waals surface area contributed by atoms with Crippen LogP contribution in [0.25, 0.3) is 0 Å². The standard InChI is InChI=1S/C15H13ClN2O2/c16-13-8-6-11(7-9-13)10-14(19)17-18-15(20)12-4-2-1-3-5-12/h1-9H,10H2,(H,17,19)(H,18,20). The largest absolute Gasteiger partial charge is 0.273 e. The van der Waals surface area contributed by atoms with Gasteiger partial charge >= 0.3 is 0 Å². The number of hydrogen-bond acceptors (Lipinski definition) is 2. The summed E-state index contributed by atoms with van der Waals surface area (Å²) in [4.78, 5) is 23.4. The molecule has 2 aromatic carbocycles. The fraction of sp³-hybridized carbons (Fsp3) is 0.0667. The maximum atomic E-state index is 11.7. The van der Waals surface area contributed by atoms with Gasteiger partial charge in [-0.2, -0.15) is 0 Å². The first-order valence-corrected chi connectivity index (χ1v) is 6.41. The number of amides is 2. The maximum absolute atomic E-state index is 11.7. The Hall–Kier alpha value is -2.33. The van der Waals surface area contributed by atoms with Gasteiger partial charge in [-0.1, -0.05) is 41.9 Å². The zero-order valence-corrected chi connectivity index (χ0v) is 11.4. The first-order valence-electron chi connectivity index (χ1n) is 6.04. The van der Waals surface area contributed by atoms with Gasteiger partial charge in [0.25, 0.3) is 5.91 Å². The lowest BCUT2D eigenvalue weighted by molar-refractivity contribution is -0.121. The van der Waals surface area contributed by atoms with Crippen molar-refractivity contribution < 1.29 is 9.59 Å². The predicted octanol–water partition coefficient (Wildman–Crippen LogP) is 2.34. The van der Waals surface area contributed by atoms with Crippen molar-refractivity contribution >= 4 is 23.4 Å². The minimum atomic E-state index is -0.352. The number of benzene rings is 2. The molecule has 0 heterocycles. The lowest BCUT2D eigenvalue weighted by Gasteiger charge is -2.07. The summed E-state index contributed by atoms with van der Waals surface area (Å²) in [5, 5.41) is 0.617. The Balaban J connectivity index is 1.83. The summed E-state index contributed by atoms with van der Waals surface area (Å²) in [5.74, 6) is -0.647. The highest BCUT2D eigenvalue weighted by Gasteiger charge is 2.07. The van der Waals surface area contributed by atoms with Crippen LogP contribution in [0.4, 0.5) is 0 Å². The van der Waals surface area contributed by atoms with Gasteiger partial charge in [0.15, 0.2) is 0 Å². The third kappa shape index (κ3) is 4.10. The molecule has 2 aromatic rings. The van der Waals surface area contributed by atoms with Gasteiger partial charge in [0.1, 0.15) is 0 Å². The van der Waals surface area contributed by atoms with E-state index in [4.69, 9.17) is 11.6 Å². The van der Waals surface area contributed by atoms with Crippen LogP contribution in [0.2, 0.25) is 5.02 Å². The van der Waals surface area contributed by atoms with Gasteiger partial charge in [-0.05, 0) is 29.8 Å². The Bertz CT molecular complexity index is 597. The van der Waals surface area contributed by atoms with Crippen LogP contribution >= 0.6 is 11.6 Å². The van der Waals surface area contributed by atoms with Crippen LogP contribution in [0.3, 0.4) is 0 Å². The fourth-order valence-electron chi connectivity index (χ4n) is 1.62. The molecule has 4 nitrogen and oxygen atoms in total. The van der Waals surface area contributed by atoms with Crippen LogP contribution in [0, 0.1) is 0 Å². The molecule has 102 valence electrons. The van der Waals surface area contributed by atoms with Gasteiger partial charge in [0.2, 0.25) is 5.91 Å². The molecule has 0 saturated carbocycles. The normalized spacial score (nSPS) is 9.85. The monoisotopic (exact) mass is 288 g/mol. The number of carbonyl (C=O) groups is 2. The minimum absolute atomic E-state index is 0.173. The summed E-state index contributed by atoms with van der Waals surface area (Å²) in [6.45, 7) is 0. The smallest absolute Gasteiger partial charge is 0.269 e. The lowest BCUT2D eigenvalue weighted by Crippen LogP contribution is -2.42. The van der Waals surface area contributed by atoms with Crippen LogP contribution in [-0.2, 0) is 11.2 Å². The third-order valence-corrected chi connectivity index (χ3v) is 2.88. The van der Waals surface area contributed by atoms with Crippen molar-refractivity contribution in [2.75, 3.05) is 0 Å². The molecular weight excluding hydrogens is 276 g/mol. The molecule has 0 aliphatic carbocycles. The van der Waals surface area contributed by atoms with Crippen LogP contribution in [0.15, 0.2) is 54.6 Å². The molecule has 0 spiro atoms. The Kier molecular flexibility index (Phi) is 4.74. The summed E-state index contributed by atoms with van der Waals surface area (Å²) in [7, 11) is 0. The SMILES string of the molecule is O=C(Cc1ccc(Cl)cc1)NNC(=O)c1ccccc1. The number of hydrazine groups is 1. The number of hydrogen-bond donors (Lipinski definition) is 2. The Morgan fingerprint density at radius 2 is 1.55 bits per heavy atom.